The van der Waals surface area contributed by atoms with Gasteiger partial charge in [-0.05, 0) is 32.9 Å². The molecule has 0 saturated carbocycles. The zero-order chi connectivity index (χ0) is 16.2. The molecule has 2 aliphatic heterocycles. The lowest BCUT2D eigenvalue weighted by atomic mass is 10.1. The quantitative estimate of drug-likeness (QED) is 0.916. The first-order valence-corrected chi connectivity index (χ1v) is 9.34. The van der Waals surface area contributed by atoms with Crippen molar-refractivity contribution < 1.29 is 9.53 Å². The Labute approximate surface area is 141 Å². The highest BCUT2D eigenvalue weighted by molar-refractivity contribution is 7.09. The number of morpholine rings is 1. The number of likely N-dealkylation sites (tertiary alicyclic amines) is 1. The second kappa shape index (κ2) is 7.59. The van der Waals surface area contributed by atoms with Crippen LogP contribution in [0.3, 0.4) is 0 Å². The van der Waals surface area contributed by atoms with Crippen molar-refractivity contribution in [1.29, 1.82) is 0 Å². The van der Waals surface area contributed by atoms with Gasteiger partial charge in [0.2, 0.25) is 0 Å². The maximum absolute atomic E-state index is 12.8. The highest BCUT2D eigenvalue weighted by Gasteiger charge is 2.32. The summed E-state index contributed by atoms with van der Waals surface area (Å²) in [5, 5.41) is 6.22. The monoisotopic (exact) mass is 338 g/mol. The predicted octanol–water partition coefficient (Wildman–Crippen LogP) is 2.02. The normalized spacial score (nSPS) is 26.3. The van der Waals surface area contributed by atoms with Gasteiger partial charge in [-0.3, -0.25) is 0 Å². The molecule has 1 aromatic heterocycles. The fourth-order valence-electron chi connectivity index (χ4n) is 3.29. The minimum Gasteiger partial charge on any atom is -0.377 e. The summed E-state index contributed by atoms with van der Waals surface area (Å²) in [5.41, 5.74) is 1.00. The van der Waals surface area contributed by atoms with E-state index >= 15 is 0 Å². The first-order chi connectivity index (χ1) is 11.2. The van der Waals surface area contributed by atoms with Gasteiger partial charge < -0.3 is 19.9 Å². The Morgan fingerprint density at radius 1 is 1.52 bits per heavy atom. The van der Waals surface area contributed by atoms with Crippen molar-refractivity contribution in [3.63, 3.8) is 0 Å². The number of aromatic nitrogens is 1. The SMILES string of the molecule is CCN1CCC[C@@H](NC(=O)N2CCOC[C@H]2c2nc(C)cs2)C1. The molecular formula is C16H26N4O2S. The van der Waals surface area contributed by atoms with Crippen LogP contribution in [0.5, 0.6) is 0 Å². The number of carbonyl (C=O) groups is 1. The van der Waals surface area contributed by atoms with E-state index in [2.05, 4.69) is 22.1 Å². The van der Waals surface area contributed by atoms with Crippen LogP contribution in [0.1, 0.15) is 36.5 Å². The largest absolute Gasteiger partial charge is 0.377 e. The van der Waals surface area contributed by atoms with Crippen molar-refractivity contribution in [2.75, 3.05) is 39.4 Å². The van der Waals surface area contributed by atoms with Crippen molar-refractivity contribution in [2.45, 2.75) is 38.8 Å². The standard InChI is InChI=1S/C16H26N4O2S/c1-3-19-6-4-5-13(9-19)18-16(21)20-7-8-22-10-14(20)15-17-12(2)11-23-15/h11,13-14H,3-10H2,1-2H3,(H,18,21)/t13-,14+/m1/s1. The molecule has 6 nitrogen and oxygen atoms in total. The van der Waals surface area contributed by atoms with Crippen LogP contribution >= 0.6 is 11.3 Å². The highest BCUT2D eigenvalue weighted by Crippen LogP contribution is 2.27. The van der Waals surface area contributed by atoms with Gasteiger partial charge in [-0.1, -0.05) is 6.92 Å². The van der Waals surface area contributed by atoms with E-state index in [-0.39, 0.29) is 18.1 Å². The molecule has 0 aliphatic carbocycles. The molecule has 1 aromatic rings. The molecule has 0 unspecified atom stereocenters. The lowest BCUT2D eigenvalue weighted by molar-refractivity contribution is 0.0103. The number of thiazole rings is 1. The molecule has 0 aromatic carbocycles. The summed E-state index contributed by atoms with van der Waals surface area (Å²) in [4.78, 5) is 21.6. The van der Waals surface area contributed by atoms with Crippen molar-refractivity contribution >= 4 is 17.4 Å². The van der Waals surface area contributed by atoms with Crippen LogP contribution in [-0.2, 0) is 4.74 Å². The van der Waals surface area contributed by atoms with E-state index in [9.17, 15) is 4.79 Å². The number of piperidine rings is 1. The third-order valence-corrected chi connectivity index (χ3v) is 5.66. The molecule has 7 heteroatoms. The zero-order valence-electron chi connectivity index (χ0n) is 14.0. The summed E-state index contributed by atoms with van der Waals surface area (Å²) in [5.74, 6) is 0. The maximum Gasteiger partial charge on any atom is 0.318 e. The third-order valence-electron chi connectivity index (χ3n) is 4.59. The molecule has 2 fully saturated rings. The van der Waals surface area contributed by atoms with Crippen LogP contribution in [0.4, 0.5) is 4.79 Å². The van der Waals surface area contributed by atoms with Gasteiger partial charge in [-0.15, -0.1) is 11.3 Å². The lowest BCUT2D eigenvalue weighted by Gasteiger charge is -2.37. The van der Waals surface area contributed by atoms with Crippen LogP contribution in [-0.4, -0.2) is 66.2 Å². The van der Waals surface area contributed by atoms with E-state index in [0.717, 1.165) is 43.2 Å². The average molecular weight is 338 g/mol. The van der Waals surface area contributed by atoms with Crippen LogP contribution < -0.4 is 5.32 Å². The number of amides is 2. The van der Waals surface area contributed by atoms with Crippen LogP contribution in [0.15, 0.2) is 5.38 Å². The molecule has 0 bridgehead atoms. The second-order valence-electron chi connectivity index (χ2n) is 6.29. The third kappa shape index (κ3) is 4.02. The number of nitrogens with one attached hydrogen (secondary N) is 1. The number of carbonyl (C=O) groups excluding carboxylic acids is 1. The van der Waals surface area contributed by atoms with Crippen LogP contribution in [0.2, 0.25) is 0 Å². The van der Waals surface area contributed by atoms with E-state index in [1.54, 1.807) is 11.3 Å². The highest BCUT2D eigenvalue weighted by atomic mass is 32.1. The minimum atomic E-state index is -0.0617. The molecule has 2 amide bonds. The fourth-order valence-corrected chi connectivity index (χ4v) is 4.19. The Bertz CT molecular complexity index is 536. The van der Waals surface area contributed by atoms with Gasteiger partial charge >= 0.3 is 6.03 Å². The number of hydrogen-bond donors (Lipinski definition) is 1. The van der Waals surface area contributed by atoms with Gasteiger partial charge in [0.25, 0.3) is 0 Å². The molecule has 3 heterocycles. The Balaban J connectivity index is 1.64. The topological polar surface area (TPSA) is 57.7 Å². The average Bonchev–Trinajstić information content (AvgIpc) is 3.01. The summed E-state index contributed by atoms with van der Waals surface area (Å²) in [7, 11) is 0. The van der Waals surface area contributed by atoms with Crippen LogP contribution in [0.25, 0.3) is 0 Å². The summed E-state index contributed by atoms with van der Waals surface area (Å²) in [6, 6.07) is 0.208. The predicted molar refractivity (Wildman–Crippen MR) is 90.8 cm³/mol. The van der Waals surface area contributed by atoms with Crippen molar-refractivity contribution in [3.8, 4) is 0 Å². The van der Waals surface area contributed by atoms with Gasteiger partial charge in [-0.2, -0.15) is 0 Å². The number of nitrogens with zero attached hydrogens (tertiary/aromatic N) is 3. The van der Waals surface area contributed by atoms with Crippen LogP contribution in [0, 0.1) is 6.92 Å². The van der Waals surface area contributed by atoms with Crippen molar-refractivity contribution in [3.05, 3.63) is 16.1 Å². The maximum atomic E-state index is 12.8. The molecule has 1 N–H and O–H groups in total. The molecule has 0 spiro atoms. The molecule has 2 atom stereocenters. The number of hydrogen-bond acceptors (Lipinski definition) is 5. The number of aryl methyl sites for hydroxylation is 1. The summed E-state index contributed by atoms with van der Waals surface area (Å²) < 4.78 is 5.59. The number of likely N-dealkylation sites (N-methyl/N-ethyl adjacent to an activating group) is 1. The minimum absolute atomic E-state index is 0.0223. The van der Waals surface area contributed by atoms with Gasteiger partial charge in [0.1, 0.15) is 11.0 Å². The van der Waals surface area contributed by atoms with Crippen molar-refractivity contribution in [1.82, 2.24) is 20.1 Å². The van der Waals surface area contributed by atoms with E-state index < -0.39 is 0 Å². The molecule has 3 rings (SSSR count). The summed E-state index contributed by atoms with van der Waals surface area (Å²) >= 11 is 1.61. The lowest BCUT2D eigenvalue weighted by Crippen LogP contribution is -2.54. The fraction of sp³-hybridized carbons (Fsp3) is 0.750. The Morgan fingerprint density at radius 3 is 3.13 bits per heavy atom. The van der Waals surface area contributed by atoms with E-state index in [1.807, 2.05) is 17.2 Å². The first-order valence-electron chi connectivity index (χ1n) is 8.46. The Kier molecular flexibility index (Phi) is 5.50. The zero-order valence-corrected chi connectivity index (χ0v) is 14.8. The molecular weight excluding hydrogens is 312 g/mol. The van der Waals surface area contributed by atoms with Gasteiger partial charge in [-0.25, -0.2) is 9.78 Å². The van der Waals surface area contributed by atoms with E-state index in [0.29, 0.717) is 19.8 Å². The van der Waals surface area contributed by atoms with Gasteiger partial charge in [0.05, 0.1) is 13.2 Å². The Morgan fingerprint density at radius 2 is 2.39 bits per heavy atom. The van der Waals surface area contributed by atoms with Crippen molar-refractivity contribution in [2.24, 2.45) is 0 Å². The summed E-state index contributed by atoms with van der Waals surface area (Å²) in [6.45, 7) is 9.05. The Hall–Kier alpha value is -1.18. The van der Waals surface area contributed by atoms with Gasteiger partial charge in [0, 0.05) is 30.2 Å². The summed E-state index contributed by atoms with van der Waals surface area (Å²) in [6.07, 6.45) is 2.21. The second-order valence-corrected chi connectivity index (χ2v) is 7.18. The molecule has 128 valence electrons. The molecule has 0 radical (unpaired) electrons. The molecule has 2 aliphatic rings. The number of ether oxygens (including phenoxy) is 1. The van der Waals surface area contributed by atoms with E-state index in [1.165, 1.54) is 0 Å². The van der Waals surface area contributed by atoms with E-state index in [4.69, 9.17) is 4.74 Å². The molecule has 2 saturated heterocycles. The number of urea groups is 1. The smallest absolute Gasteiger partial charge is 0.318 e. The first kappa shape index (κ1) is 16.7. The molecule has 23 heavy (non-hydrogen) atoms. The van der Waals surface area contributed by atoms with Gasteiger partial charge in [0.15, 0.2) is 0 Å². The number of rotatable bonds is 3.